The molecule has 0 bridgehead atoms. The van der Waals surface area contributed by atoms with E-state index >= 15 is 0 Å². The highest BCUT2D eigenvalue weighted by Crippen LogP contribution is 2.30. The Bertz CT molecular complexity index is 862. The van der Waals surface area contributed by atoms with E-state index in [4.69, 9.17) is 0 Å². The second-order valence-corrected chi connectivity index (χ2v) is 6.50. The maximum atomic E-state index is 12.3. The molecule has 3 rings (SSSR count). The average Bonchev–Trinajstić information content (AvgIpc) is 3.48. The van der Waals surface area contributed by atoms with Crippen LogP contribution in [0, 0.1) is 16.0 Å². The highest BCUT2D eigenvalue weighted by Gasteiger charge is 2.29. The molecule has 8 nitrogen and oxygen atoms in total. The Morgan fingerprint density at radius 1 is 1.04 bits per heavy atom. The molecule has 1 saturated carbocycles. The molecule has 1 atom stereocenters. The van der Waals surface area contributed by atoms with Gasteiger partial charge in [0.15, 0.2) is 0 Å². The zero-order chi connectivity index (χ0) is 19.4. The Hall–Kier alpha value is -3.42. The monoisotopic (exact) mass is 368 g/mol. The van der Waals surface area contributed by atoms with E-state index in [0.717, 1.165) is 18.5 Å². The number of hydrogen-bond donors (Lipinski definition) is 3. The van der Waals surface area contributed by atoms with E-state index in [1.54, 1.807) is 37.3 Å². The molecule has 1 aliphatic carbocycles. The Labute approximate surface area is 156 Å². The van der Waals surface area contributed by atoms with Crippen molar-refractivity contribution >= 4 is 34.6 Å². The number of rotatable bonds is 7. The predicted octanol–water partition coefficient (Wildman–Crippen LogP) is 3.38. The molecule has 3 N–H and O–H groups in total. The largest absolute Gasteiger partial charge is 0.374 e. The summed E-state index contributed by atoms with van der Waals surface area (Å²) in [6.07, 6.45) is 1.89. The summed E-state index contributed by atoms with van der Waals surface area (Å²) in [5, 5.41) is 19.4. The molecule has 8 heteroatoms. The van der Waals surface area contributed by atoms with Gasteiger partial charge in [-0.1, -0.05) is 6.07 Å². The maximum Gasteiger partial charge on any atom is 0.271 e. The Balaban J connectivity index is 1.55. The van der Waals surface area contributed by atoms with E-state index in [2.05, 4.69) is 16.0 Å². The second kappa shape index (κ2) is 7.86. The predicted molar refractivity (Wildman–Crippen MR) is 103 cm³/mol. The zero-order valence-corrected chi connectivity index (χ0v) is 14.8. The van der Waals surface area contributed by atoms with E-state index in [1.807, 2.05) is 0 Å². The summed E-state index contributed by atoms with van der Waals surface area (Å²) in [5.74, 6) is -0.137. The minimum atomic E-state index is -0.559. The molecule has 0 spiro atoms. The number of benzene rings is 2. The van der Waals surface area contributed by atoms with Gasteiger partial charge in [0.2, 0.25) is 11.8 Å². The minimum absolute atomic E-state index is 0.0420. The van der Waals surface area contributed by atoms with Crippen LogP contribution in [-0.4, -0.2) is 22.8 Å². The highest BCUT2D eigenvalue weighted by atomic mass is 16.6. The first-order valence-electron chi connectivity index (χ1n) is 8.65. The fourth-order valence-electron chi connectivity index (χ4n) is 2.50. The molecular formula is C19H20N4O4. The fraction of sp³-hybridized carbons (Fsp3) is 0.263. The number of nitrogens with zero attached hydrogens (tertiary/aromatic N) is 1. The van der Waals surface area contributed by atoms with Crippen molar-refractivity contribution in [2.24, 2.45) is 5.92 Å². The highest BCUT2D eigenvalue weighted by molar-refractivity contribution is 5.97. The zero-order valence-electron chi connectivity index (χ0n) is 14.8. The molecule has 0 radical (unpaired) electrons. The van der Waals surface area contributed by atoms with Gasteiger partial charge in [-0.3, -0.25) is 19.7 Å². The van der Waals surface area contributed by atoms with Crippen molar-refractivity contribution in [1.29, 1.82) is 0 Å². The van der Waals surface area contributed by atoms with Gasteiger partial charge in [0, 0.05) is 35.1 Å². The number of anilines is 3. The summed E-state index contributed by atoms with van der Waals surface area (Å²) in [5.41, 5.74) is 1.71. The van der Waals surface area contributed by atoms with Crippen LogP contribution < -0.4 is 16.0 Å². The summed E-state index contributed by atoms with van der Waals surface area (Å²) in [6.45, 7) is 1.69. The molecular weight excluding hydrogens is 348 g/mol. The number of hydrogen-bond acceptors (Lipinski definition) is 5. The van der Waals surface area contributed by atoms with Crippen LogP contribution in [0.15, 0.2) is 48.5 Å². The Morgan fingerprint density at radius 2 is 1.70 bits per heavy atom. The van der Waals surface area contributed by atoms with Crippen LogP contribution in [0.25, 0.3) is 0 Å². The van der Waals surface area contributed by atoms with Crippen molar-refractivity contribution in [1.82, 2.24) is 0 Å². The lowest BCUT2D eigenvalue weighted by Crippen LogP contribution is -2.31. The van der Waals surface area contributed by atoms with Crippen LogP contribution in [0.3, 0.4) is 0 Å². The van der Waals surface area contributed by atoms with Gasteiger partial charge in [-0.2, -0.15) is 0 Å². The topological polar surface area (TPSA) is 113 Å². The van der Waals surface area contributed by atoms with E-state index in [0.29, 0.717) is 11.4 Å². The number of non-ortho nitro benzene ring substituents is 1. The molecule has 27 heavy (non-hydrogen) atoms. The van der Waals surface area contributed by atoms with Crippen molar-refractivity contribution in [3.8, 4) is 0 Å². The van der Waals surface area contributed by atoms with Crippen LogP contribution in [0.4, 0.5) is 22.7 Å². The number of nitro groups is 1. The van der Waals surface area contributed by atoms with Gasteiger partial charge in [-0.15, -0.1) is 0 Å². The summed E-state index contributed by atoms with van der Waals surface area (Å²) >= 11 is 0. The van der Waals surface area contributed by atoms with Gasteiger partial charge in [0.25, 0.3) is 5.69 Å². The third kappa shape index (κ3) is 5.04. The van der Waals surface area contributed by atoms with Crippen LogP contribution in [0.2, 0.25) is 0 Å². The lowest BCUT2D eigenvalue weighted by atomic mass is 10.2. The SMILES string of the molecule is CC(Nc1ccc(NC(=O)C2CC2)cc1)C(=O)Nc1cccc([N+](=O)[O-])c1. The van der Waals surface area contributed by atoms with Gasteiger partial charge >= 0.3 is 0 Å². The molecule has 0 heterocycles. The van der Waals surface area contributed by atoms with E-state index in [-0.39, 0.29) is 23.4 Å². The lowest BCUT2D eigenvalue weighted by molar-refractivity contribution is -0.384. The van der Waals surface area contributed by atoms with E-state index in [1.165, 1.54) is 18.2 Å². The fourth-order valence-corrected chi connectivity index (χ4v) is 2.50. The summed E-state index contributed by atoms with van der Waals surface area (Å²) < 4.78 is 0. The molecule has 140 valence electrons. The molecule has 1 aliphatic rings. The Morgan fingerprint density at radius 3 is 2.33 bits per heavy atom. The van der Waals surface area contributed by atoms with Crippen LogP contribution in [0.1, 0.15) is 19.8 Å². The van der Waals surface area contributed by atoms with Crippen LogP contribution in [-0.2, 0) is 9.59 Å². The number of amides is 2. The number of carbonyl (C=O) groups excluding carboxylic acids is 2. The minimum Gasteiger partial charge on any atom is -0.374 e. The first-order valence-corrected chi connectivity index (χ1v) is 8.65. The smallest absolute Gasteiger partial charge is 0.271 e. The second-order valence-electron chi connectivity index (χ2n) is 6.50. The van der Waals surface area contributed by atoms with Crippen molar-refractivity contribution in [2.75, 3.05) is 16.0 Å². The van der Waals surface area contributed by atoms with Gasteiger partial charge < -0.3 is 16.0 Å². The molecule has 1 fully saturated rings. The molecule has 1 unspecified atom stereocenters. The van der Waals surface area contributed by atoms with Crippen LogP contribution in [0.5, 0.6) is 0 Å². The number of nitrogens with one attached hydrogen (secondary N) is 3. The molecule has 0 aromatic heterocycles. The first kappa shape index (κ1) is 18.4. The van der Waals surface area contributed by atoms with Crippen molar-refractivity contribution in [3.05, 3.63) is 58.6 Å². The molecule has 0 aliphatic heterocycles. The third-order valence-electron chi connectivity index (χ3n) is 4.20. The van der Waals surface area contributed by atoms with Crippen LogP contribution >= 0.6 is 0 Å². The van der Waals surface area contributed by atoms with Gasteiger partial charge in [-0.25, -0.2) is 0 Å². The van der Waals surface area contributed by atoms with Crippen molar-refractivity contribution < 1.29 is 14.5 Å². The number of nitro benzene ring substituents is 1. The normalized spacial score (nSPS) is 14.1. The summed E-state index contributed by atoms with van der Waals surface area (Å²) in [6, 6.07) is 12.3. The molecule has 2 aromatic carbocycles. The lowest BCUT2D eigenvalue weighted by Gasteiger charge is -2.15. The Kier molecular flexibility index (Phi) is 5.35. The van der Waals surface area contributed by atoms with E-state index < -0.39 is 11.0 Å². The third-order valence-corrected chi connectivity index (χ3v) is 4.20. The molecule has 2 amide bonds. The number of carbonyl (C=O) groups is 2. The first-order chi connectivity index (χ1) is 12.9. The van der Waals surface area contributed by atoms with E-state index in [9.17, 15) is 19.7 Å². The van der Waals surface area contributed by atoms with Gasteiger partial charge in [-0.05, 0) is 50.1 Å². The summed E-state index contributed by atoms with van der Waals surface area (Å²) in [4.78, 5) is 34.3. The standard InChI is InChI=1S/C19H20N4O4/c1-12(18(24)22-16-3-2-4-17(11-16)23(26)27)20-14-7-9-15(10-8-14)21-19(25)13-5-6-13/h2-4,7-13,20H,5-6H2,1H3,(H,21,25)(H,22,24). The quantitative estimate of drug-likeness (QED) is 0.512. The molecule has 0 saturated heterocycles. The van der Waals surface area contributed by atoms with Crippen molar-refractivity contribution in [3.63, 3.8) is 0 Å². The van der Waals surface area contributed by atoms with Crippen molar-refractivity contribution in [2.45, 2.75) is 25.8 Å². The molecule has 2 aromatic rings. The van der Waals surface area contributed by atoms with Gasteiger partial charge in [0.05, 0.1) is 4.92 Å². The average molecular weight is 368 g/mol. The van der Waals surface area contributed by atoms with Gasteiger partial charge in [0.1, 0.15) is 6.04 Å². The summed E-state index contributed by atoms with van der Waals surface area (Å²) in [7, 11) is 0. The maximum absolute atomic E-state index is 12.3.